The first kappa shape index (κ1) is 22.6. The maximum Gasteiger partial charge on any atom is 0.189 e. The fourth-order valence-corrected chi connectivity index (χ4v) is 3.65. The van der Waals surface area contributed by atoms with Crippen LogP contribution in [-0.2, 0) is 11.2 Å². The number of rotatable bonds is 8. The van der Waals surface area contributed by atoms with Crippen molar-refractivity contribution in [1.29, 1.82) is 0 Å². The van der Waals surface area contributed by atoms with Crippen LogP contribution in [0.4, 0.5) is 11.5 Å². The topological polar surface area (TPSA) is 129 Å². The number of benzene rings is 1. The van der Waals surface area contributed by atoms with E-state index >= 15 is 0 Å². The van der Waals surface area contributed by atoms with E-state index in [0.29, 0.717) is 31.2 Å². The number of pyridine rings is 1. The summed E-state index contributed by atoms with van der Waals surface area (Å²) in [4.78, 5) is 28.3. The predicted octanol–water partition coefficient (Wildman–Crippen LogP) is 2.11. The maximum atomic E-state index is 13.2. The van der Waals surface area contributed by atoms with Gasteiger partial charge in [-0.1, -0.05) is 0 Å². The van der Waals surface area contributed by atoms with Gasteiger partial charge in [0.1, 0.15) is 17.5 Å². The highest BCUT2D eigenvalue weighted by molar-refractivity contribution is 6.00. The third-order valence-electron chi connectivity index (χ3n) is 5.46. The van der Waals surface area contributed by atoms with Crippen LogP contribution >= 0.6 is 0 Å². The molecule has 9 nitrogen and oxygen atoms in total. The van der Waals surface area contributed by atoms with Gasteiger partial charge in [-0.3, -0.25) is 9.78 Å². The van der Waals surface area contributed by atoms with Gasteiger partial charge in [0.15, 0.2) is 11.6 Å². The van der Waals surface area contributed by atoms with Crippen molar-refractivity contribution >= 4 is 17.3 Å². The Balaban J connectivity index is 1.54. The zero-order chi connectivity index (χ0) is 23.2. The van der Waals surface area contributed by atoms with Gasteiger partial charge in [0.25, 0.3) is 0 Å². The molecule has 2 aromatic heterocycles. The third-order valence-corrected chi connectivity index (χ3v) is 5.46. The molecule has 0 radical (unpaired) electrons. The van der Waals surface area contributed by atoms with Crippen LogP contribution in [0.15, 0.2) is 48.9 Å². The summed E-state index contributed by atoms with van der Waals surface area (Å²) in [5.41, 5.74) is 15.0. The molecule has 1 saturated heterocycles. The van der Waals surface area contributed by atoms with Crippen LogP contribution in [0, 0.1) is 0 Å². The smallest absolute Gasteiger partial charge is 0.189 e. The van der Waals surface area contributed by atoms with Crippen LogP contribution in [0.5, 0.6) is 5.75 Å². The van der Waals surface area contributed by atoms with Crippen molar-refractivity contribution in [1.82, 2.24) is 15.0 Å². The highest BCUT2D eigenvalue weighted by Gasteiger charge is 2.20. The van der Waals surface area contributed by atoms with Crippen molar-refractivity contribution in [2.45, 2.75) is 19.4 Å². The lowest BCUT2D eigenvalue weighted by molar-refractivity contribution is 0.0988. The van der Waals surface area contributed by atoms with Gasteiger partial charge in [-0.25, -0.2) is 9.97 Å². The van der Waals surface area contributed by atoms with Crippen LogP contribution in [0.3, 0.4) is 0 Å². The molecule has 4 N–H and O–H groups in total. The number of hydrogen-bond donors (Lipinski definition) is 2. The Bertz CT molecular complexity index is 1100. The number of ketones is 1. The van der Waals surface area contributed by atoms with E-state index < -0.39 is 0 Å². The quantitative estimate of drug-likeness (QED) is 0.498. The van der Waals surface area contributed by atoms with Crippen molar-refractivity contribution in [3.8, 4) is 17.0 Å². The number of aromatic nitrogens is 3. The van der Waals surface area contributed by atoms with Gasteiger partial charge in [-0.2, -0.15) is 0 Å². The lowest BCUT2D eigenvalue weighted by Crippen LogP contribution is -2.37. The van der Waals surface area contributed by atoms with E-state index in [1.807, 2.05) is 37.3 Å². The minimum absolute atomic E-state index is 0.0776. The van der Waals surface area contributed by atoms with Crippen molar-refractivity contribution in [3.05, 3.63) is 60.2 Å². The number of carbonyl (C=O) groups is 1. The Hall–Kier alpha value is -3.56. The summed E-state index contributed by atoms with van der Waals surface area (Å²) in [6.07, 6.45) is 5.07. The fraction of sp³-hybridized carbons (Fsp3) is 0.333. The summed E-state index contributed by atoms with van der Waals surface area (Å²) in [7, 11) is 0. The van der Waals surface area contributed by atoms with Crippen molar-refractivity contribution in [3.63, 3.8) is 0 Å². The molecular weight excluding hydrogens is 420 g/mol. The number of ether oxygens (including phenoxy) is 2. The Morgan fingerprint density at radius 2 is 1.94 bits per heavy atom. The normalized spacial score (nSPS) is 14.7. The molecular formula is C24H28N6O3. The molecule has 3 aromatic rings. The van der Waals surface area contributed by atoms with Gasteiger partial charge >= 0.3 is 0 Å². The van der Waals surface area contributed by atoms with Gasteiger partial charge in [0, 0.05) is 55.3 Å². The standard InChI is InChI=1S/C24H28N6O3/c1-16(13-25)33-19-4-2-17(3-5-19)20-15-28-24(26)23(29-20)22(31)12-18-14-27-7-6-21(18)30-8-10-32-11-9-30/h2-7,14-16H,8-13,25H2,1H3,(H2,26,28). The molecule has 172 valence electrons. The summed E-state index contributed by atoms with van der Waals surface area (Å²) < 4.78 is 11.2. The summed E-state index contributed by atoms with van der Waals surface area (Å²) in [5, 5.41) is 0. The molecule has 0 aliphatic carbocycles. The number of anilines is 2. The first-order valence-corrected chi connectivity index (χ1v) is 10.9. The minimum Gasteiger partial charge on any atom is -0.489 e. The van der Waals surface area contributed by atoms with Gasteiger partial charge < -0.3 is 25.8 Å². The Morgan fingerprint density at radius 3 is 2.67 bits per heavy atom. The second-order valence-electron chi connectivity index (χ2n) is 7.88. The minimum atomic E-state index is -0.207. The number of nitrogens with two attached hydrogens (primary N) is 2. The highest BCUT2D eigenvalue weighted by Crippen LogP contribution is 2.25. The van der Waals surface area contributed by atoms with E-state index in [2.05, 4.69) is 19.9 Å². The summed E-state index contributed by atoms with van der Waals surface area (Å²) >= 11 is 0. The van der Waals surface area contributed by atoms with E-state index in [0.717, 1.165) is 29.9 Å². The molecule has 0 saturated carbocycles. The average Bonchev–Trinajstić information content (AvgIpc) is 2.85. The maximum absolute atomic E-state index is 13.2. The summed E-state index contributed by atoms with van der Waals surface area (Å²) in [6, 6.07) is 9.33. The van der Waals surface area contributed by atoms with Gasteiger partial charge in [0.05, 0.1) is 25.1 Å². The van der Waals surface area contributed by atoms with Gasteiger partial charge in [0.2, 0.25) is 0 Å². The molecule has 1 aromatic carbocycles. The molecule has 0 bridgehead atoms. The Morgan fingerprint density at radius 1 is 1.18 bits per heavy atom. The summed E-state index contributed by atoms with van der Waals surface area (Å²) in [6.45, 7) is 5.19. The zero-order valence-corrected chi connectivity index (χ0v) is 18.6. The average molecular weight is 449 g/mol. The van der Waals surface area contributed by atoms with Crippen LogP contribution in [0.25, 0.3) is 11.3 Å². The highest BCUT2D eigenvalue weighted by atomic mass is 16.5. The van der Waals surface area contributed by atoms with E-state index in [9.17, 15) is 4.79 Å². The first-order valence-electron chi connectivity index (χ1n) is 10.9. The molecule has 0 spiro atoms. The van der Waals surface area contributed by atoms with Crippen LogP contribution in [0.2, 0.25) is 0 Å². The van der Waals surface area contributed by atoms with Crippen molar-refractivity contribution in [2.24, 2.45) is 5.73 Å². The largest absolute Gasteiger partial charge is 0.489 e. The number of morpholine rings is 1. The lowest BCUT2D eigenvalue weighted by atomic mass is 10.1. The predicted molar refractivity (Wildman–Crippen MR) is 126 cm³/mol. The SMILES string of the molecule is CC(CN)Oc1ccc(-c2cnc(N)c(C(=O)Cc3cnccc3N3CCOCC3)n2)cc1. The van der Waals surface area contributed by atoms with E-state index in [4.69, 9.17) is 20.9 Å². The van der Waals surface area contributed by atoms with Crippen LogP contribution < -0.4 is 21.1 Å². The monoisotopic (exact) mass is 448 g/mol. The molecule has 1 aliphatic heterocycles. The third kappa shape index (κ3) is 5.44. The summed E-state index contributed by atoms with van der Waals surface area (Å²) in [5.74, 6) is 0.613. The van der Waals surface area contributed by atoms with E-state index in [-0.39, 0.29) is 29.8 Å². The Labute approximate surface area is 192 Å². The molecule has 1 fully saturated rings. The number of nitrogens with zero attached hydrogens (tertiary/aromatic N) is 4. The van der Waals surface area contributed by atoms with Crippen molar-refractivity contribution in [2.75, 3.05) is 43.5 Å². The van der Waals surface area contributed by atoms with Gasteiger partial charge in [-0.05, 0) is 37.3 Å². The second-order valence-corrected chi connectivity index (χ2v) is 7.88. The second kappa shape index (κ2) is 10.4. The first-order chi connectivity index (χ1) is 16.0. The van der Waals surface area contributed by atoms with E-state index in [1.165, 1.54) is 0 Å². The number of Topliss-reactive ketones (excluding diaryl/α,β-unsaturated/α-hetero) is 1. The van der Waals surface area contributed by atoms with Crippen molar-refractivity contribution < 1.29 is 14.3 Å². The molecule has 1 atom stereocenters. The fourth-order valence-electron chi connectivity index (χ4n) is 3.65. The number of carbonyl (C=O) groups excluding carboxylic acids is 1. The molecule has 3 heterocycles. The zero-order valence-electron chi connectivity index (χ0n) is 18.6. The molecule has 9 heteroatoms. The molecule has 1 aliphatic rings. The lowest BCUT2D eigenvalue weighted by Gasteiger charge is -2.30. The molecule has 33 heavy (non-hydrogen) atoms. The Kier molecular flexibility index (Phi) is 7.11. The van der Waals surface area contributed by atoms with Crippen LogP contribution in [-0.4, -0.2) is 59.7 Å². The van der Waals surface area contributed by atoms with Gasteiger partial charge in [-0.15, -0.1) is 0 Å². The number of nitrogen functional groups attached to an aromatic ring is 1. The molecule has 1 unspecified atom stereocenters. The number of hydrogen-bond acceptors (Lipinski definition) is 9. The van der Waals surface area contributed by atoms with E-state index in [1.54, 1.807) is 18.6 Å². The van der Waals surface area contributed by atoms with Crippen LogP contribution in [0.1, 0.15) is 23.0 Å². The molecule has 0 amide bonds. The molecule has 4 rings (SSSR count).